The fourth-order valence-electron chi connectivity index (χ4n) is 4.03. The molecule has 0 amide bonds. The molecule has 6 rings (SSSR count). The number of nitrogens with zero attached hydrogens (tertiary/aromatic N) is 2. The fourth-order valence-corrected chi connectivity index (χ4v) is 5.22. The third-order valence-corrected chi connectivity index (χ3v) is 6.27. The molecular weight excluding hydrogens is 324 g/mol. The van der Waals surface area contributed by atoms with Crippen molar-refractivity contribution in [3.8, 4) is 17.1 Å². The van der Waals surface area contributed by atoms with E-state index in [0.717, 1.165) is 6.54 Å². The van der Waals surface area contributed by atoms with Crippen molar-refractivity contribution >= 4 is 31.8 Å². The summed E-state index contributed by atoms with van der Waals surface area (Å²) in [5.74, 6) is 1.30. The van der Waals surface area contributed by atoms with Gasteiger partial charge in [0.15, 0.2) is 5.52 Å². The zero-order valence-corrected chi connectivity index (χ0v) is 14.3. The average molecular weight is 339 g/mol. The second kappa shape index (κ2) is 4.80. The molecule has 25 heavy (non-hydrogen) atoms. The normalized spacial score (nSPS) is 12.6. The Kier molecular flexibility index (Phi) is 2.57. The van der Waals surface area contributed by atoms with Gasteiger partial charge in [0.25, 0.3) is 5.82 Å². The molecule has 0 radical (unpaired) electrons. The maximum atomic E-state index is 2.48. The Bertz CT molecular complexity index is 1260. The predicted molar refractivity (Wildman–Crippen MR) is 103 cm³/mol. The number of hydrogen-bond donors (Lipinski definition) is 0. The first kappa shape index (κ1) is 13.4. The second-order valence-corrected chi connectivity index (χ2v) is 7.52. The van der Waals surface area contributed by atoms with E-state index in [1.807, 2.05) is 11.3 Å². The Labute approximate surface area is 149 Å². The summed E-state index contributed by atoms with van der Waals surface area (Å²) in [6.45, 7) is 0.953. The van der Waals surface area contributed by atoms with Gasteiger partial charge in [-0.3, -0.25) is 0 Å². The van der Waals surface area contributed by atoms with Crippen LogP contribution < -0.4 is 4.57 Å². The highest BCUT2D eigenvalue weighted by Crippen LogP contribution is 2.40. The van der Waals surface area contributed by atoms with Gasteiger partial charge in [-0.1, -0.05) is 59.9 Å². The van der Waals surface area contributed by atoms with Crippen molar-refractivity contribution in [2.24, 2.45) is 0 Å². The summed E-state index contributed by atoms with van der Waals surface area (Å²) in [5.41, 5.74) is 5.30. The largest absolute Gasteiger partial charge is 0.296 e. The molecule has 0 aliphatic carbocycles. The summed E-state index contributed by atoms with van der Waals surface area (Å²) < 4.78 is 6.28. The molecule has 1 aliphatic rings. The van der Waals surface area contributed by atoms with E-state index in [4.69, 9.17) is 0 Å². The molecule has 0 fully saturated rings. The minimum atomic E-state index is 0.953. The maximum Gasteiger partial charge on any atom is 0.296 e. The summed E-state index contributed by atoms with van der Waals surface area (Å²) in [6.07, 6.45) is 0. The third-order valence-electron chi connectivity index (χ3n) is 5.09. The summed E-state index contributed by atoms with van der Waals surface area (Å²) in [6, 6.07) is 28.2. The fraction of sp³-hybridized carbons (Fsp3) is 0.0455. The number of rotatable bonds is 1. The molecule has 0 saturated carbocycles. The Balaban J connectivity index is 1.84. The molecule has 2 nitrogen and oxygen atoms in total. The molecule has 118 valence electrons. The van der Waals surface area contributed by atoms with Crippen LogP contribution in [0.4, 0.5) is 0 Å². The van der Waals surface area contributed by atoms with Gasteiger partial charge in [0, 0.05) is 15.6 Å². The number of fused-ring (bicyclic) bond motifs is 7. The van der Waals surface area contributed by atoms with Crippen LogP contribution in [0.25, 0.3) is 37.5 Å². The van der Waals surface area contributed by atoms with Crippen molar-refractivity contribution in [3.63, 3.8) is 0 Å². The third kappa shape index (κ3) is 1.71. The molecule has 0 N–H and O–H groups in total. The Morgan fingerprint density at radius 2 is 1.56 bits per heavy atom. The number of para-hydroxylation sites is 1. The van der Waals surface area contributed by atoms with Gasteiger partial charge >= 0.3 is 0 Å². The topological polar surface area (TPSA) is 8.81 Å². The Morgan fingerprint density at radius 3 is 2.48 bits per heavy atom. The van der Waals surface area contributed by atoms with Gasteiger partial charge in [-0.15, -0.1) is 0 Å². The molecule has 0 atom stereocenters. The van der Waals surface area contributed by atoms with Gasteiger partial charge in [-0.25, -0.2) is 4.57 Å². The van der Waals surface area contributed by atoms with E-state index in [1.165, 1.54) is 43.1 Å². The number of benzene rings is 3. The minimum absolute atomic E-state index is 0.953. The summed E-state index contributed by atoms with van der Waals surface area (Å²) in [4.78, 5) is 1.36. The van der Waals surface area contributed by atoms with E-state index in [1.54, 1.807) is 0 Å². The zero-order chi connectivity index (χ0) is 16.4. The van der Waals surface area contributed by atoms with Crippen LogP contribution in [0.15, 0.2) is 78.9 Å². The van der Waals surface area contributed by atoms with E-state index in [0.29, 0.717) is 0 Å². The number of imidazole rings is 1. The van der Waals surface area contributed by atoms with Gasteiger partial charge in [0.2, 0.25) is 4.83 Å². The first-order chi connectivity index (χ1) is 12.4. The minimum Gasteiger partial charge on any atom is -0.209 e. The number of thiophene rings is 1. The lowest BCUT2D eigenvalue weighted by molar-refractivity contribution is -0.643. The Hall–Kier alpha value is -2.91. The SMILES string of the molecule is c1ccc(-n2c3[n+](c4sc5ccccc5c42)Cc2ccccc2-3)cc1. The van der Waals surface area contributed by atoms with E-state index in [9.17, 15) is 0 Å². The molecule has 0 saturated heterocycles. The highest BCUT2D eigenvalue weighted by molar-refractivity contribution is 7.25. The molecule has 2 aromatic heterocycles. The van der Waals surface area contributed by atoms with E-state index in [2.05, 4.69) is 88.0 Å². The highest BCUT2D eigenvalue weighted by atomic mass is 32.1. The molecule has 0 bridgehead atoms. The standard InChI is InChI=1S/C22H15N2S/c1-2-9-16(10-3-1)24-20-18-12-6-7-13-19(18)25-22(20)23-14-15-8-4-5-11-17(15)21(23)24/h1-13H,14H2/q+1. The maximum absolute atomic E-state index is 2.48. The van der Waals surface area contributed by atoms with Crippen LogP contribution in [0.1, 0.15) is 5.56 Å². The molecule has 5 aromatic rings. The van der Waals surface area contributed by atoms with Crippen molar-refractivity contribution < 1.29 is 4.57 Å². The number of hydrogen-bond acceptors (Lipinski definition) is 1. The monoisotopic (exact) mass is 339 g/mol. The van der Waals surface area contributed by atoms with E-state index >= 15 is 0 Å². The summed E-state index contributed by atoms with van der Waals surface area (Å²) >= 11 is 1.90. The van der Waals surface area contributed by atoms with Crippen molar-refractivity contribution in [2.45, 2.75) is 6.54 Å². The molecule has 3 heteroatoms. The lowest BCUT2D eigenvalue weighted by Gasteiger charge is -2.02. The average Bonchev–Trinajstić information content (AvgIpc) is 3.30. The van der Waals surface area contributed by atoms with E-state index < -0.39 is 0 Å². The van der Waals surface area contributed by atoms with Crippen LogP contribution in [0.3, 0.4) is 0 Å². The van der Waals surface area contributed by atoms with Gasteiger partial charge in [0.05, 0.1) is 5.56 Å². The molecule has 3 aromatic carbocycles. The first-order valence-corrected chi connectivity index (χ1v) is 9.33. The van der Waals surface area contributed by atoms with Gasteiger partial charge in [-0.05, 0) is 30.3 Å². The van der Waals surface area contributed by atoms with Crippen LogP contribution in [-0.4, -0.2) is 4.57 Å². The number of aromatic nitrogens is 2. The summed E-state index contributed by atoms with van der Waals surface area (Å²) in [5, 5.41) is 1.34. The van der Waals surface area contributed by atoms with Crippen molar-refractivity contribution in [2.75, 3.05) is 0 Å². The second-order valence-electron chi connectivity index (χ2n) is 6.49. The Morgan fingerprint density at radius 1 is 0.800 bits per heavy atom. The summed E-state index contributed by atoms with van der Waals surface area (Å²) in [7, 11) is 0. The van der Waals surface area contributed by atoms with Crippen LogP contribution in [0.5, 0.6) is 0 Å². The molecule has 0 spiro atoms. The van der Waals surface area contributed by atoms with Crippen LogP contribution in [0, 0.1) is 0 Å². The van der Waals surface area contributed by atoms with Crippen LogP contribution in [-0.2, 0) is 6.54 Å². The smallest absolute Gasteiger partial charge is 0.209 e. The van der Waals surface area contributed by atoms with Gasteiger partial charge < -0.3 is 0 Å². The molecule has 0 unspecified atom stereocenters. The van der Waals surface area contributed by atoms with Crippen molar-refractivity contribution in [1.29, 1.82) is 0 Å². The molecular formula is C22H15N2S+. The lowest BCUT2D eigenvalue weighted by Crippen LogP contribution is -2.30. The predicted octanol–water partition coefficient (Wildman–Crippen LogP) is 5.16. The van der Waals surface area contributed by atoms with Crippen molar-refractivity contribution in [1.82, 2.24) is 4.57 Å². The van der Waals surface area contributed by atoms with Gasteiger partial charge in [0.1, 0.15) is 12.2 Å². The quantitative estimate of drug-likeness (QED) is 0.366. The van der Waals surface area contributed by atoms with E-state index in [-0.39, 0.29) is 0 Å². The highest BCUT2D eigenvalue weighted by Gasteiger charge is 2.36. The van der Waals surface area contributed by atoms with Crippen LogP contribution >= 0.6 is 11.3 Å². The lowest BCUT2D eigenvalue weighted by atomic mass is 10.1. The first-order valence-electron chi connectivity index (χ1n) is 8.51. The van der Waals surface area contributed by atoms with Crippen molar-refractivity contribution in [3.05, 3.63) is 84.4 Å². The molecule has 3 heterocycles. The zero-order valence-electron chi connectivity index (χ0n) is 13.5. The van der Waals surface area contributed by atoms with Crippen LogP contribution in [0.2, 0.25) is 0 Å². The molecule has 1 aliphatic heterocycles. The van der Waals surface area contributed by atoms with Gasteiger partial charge in [-0.2, -0.15) is 4.57 Å².